The second-order valence-corrected chi connectivity index (χ2v) is 4.85. The minimum absolute atomic E-state index is 0.0853. The summed E-state index contributed by atoms with van der Waals surface area (Å²) in [6, 6.07) is 1.70. The van der Waals surface area contributed by atoms with E-state index in [0.29, 0.717) is 17.0 Å². The lowest BCUT2D eigenvalue weighted by Crippen LogP contribution is -2.14. The number of ether oxygens (including phenoxy) is 1. The fourth-order valence-corrected chi connectivity index (χ4v) is 2.22. The molecule has 0 bridgehead atoms. The van der Waals surface area contributed by atoms with Crippen LogP contribution >= 0.6 is 23.1 Å². The summed E-state index contributed by atoms with van der Waals surface area (Å²) in [4.78, 5) is 23.2. The molecule has 1 N–H and O–H groups in total. The van der Waals surface area contributed by atoms with E-state index in [2.05, 4.69) is 10.1 Å². The summed E-state index contributed by atoms with van der Waals surface area (Å²) >= 11 is 2.86. The number of thioether (sulfide) groups is 1. The molecule has 1 aromatic heterocycles. The van der Waals surface area contributed by atoms with Crippen LogP contribution in [-0.2, 0) is 9.53 Å². The number of anilines is 1. The molecule has 0 aliphatic heterocycles. The number of carbonyl (C=O) groups is 2. The van der Waals surface area contributed by atoms with Crippen molar-refractivity contribution in [3.8, 4) is 0 Å². The van der Waals surface area contributed by atoms with Crippen molar-refractivity contribution < 1.29 is 14.3 Å². The molecule has 0 aromatic carbocycles. The van der Waals surface area contributed by atoms with Gasteiger partial charge in [0.2, 0.25) is 5.91 Å². The number of methoxy groups -OCH3 is 1. The van der Waals surface area contributed by atoms with Gasteiger partial charge in [-0.3, -0.25) is 4.79 Å². The number of esters is 1. The summed E-state index contributed by atoms with van der Waals surface area (Å²) in [7, 11) is 1.32. The molecule has 0 saturated heterocycles. The normalized spacial score (nSPS) is 9.88. The molecule has 0 radical (unpaired) electrons. The number of amides is 1. The molecule has 1 rings (SSSR count). The monoisotopic (exact) mass is 259 g/mol. The van der Waals surface area contributed by atoms with Crippen molar-refractivity contribution in [3.63, 3.8) is 0 Å². The highest BCUT2D eigenvalue weighted by molar-refractivity contribution is 7.98. The molecular formula is C10H13NO3S2. The maximum absolute atomic E-state index is 11.5. The van der Waals surface area contributed by atoms with Crippen molar-refractivity contribution in [2.24, 2.45) is 0 Å². The maximum Gasteiger partial charge on any atom is 0.350 e. The highest BCUT2D eigenvalue weighted by Gasteiger charge is 2.14. The smallest absolute Gasteiger partial charge is 0.350 e. The number of carbonyl (C=O) groups excluding carboxylic acids is 2. The Labute approximate surface area is 102 Å². The molecular weight excluding hydrogens is 246 g/mol. The van der Waals surface area contributed by atoms with Gasteiger partial charge in [-0.25, -0.2) is 4.79 Å². The lowest BCUT2D eigenvalue weighted by atomic mass is 10.3. The van der Waals surface area contributed by atoms with E-state index in [1.54, 1.807) is 23.2 Å². The van der Waals surface area contributed by atoms with E-state index in [4.69, 9.17) is 0 Å². The van der Waals surface area contributed by atoms with E-state index in [9.17, 15) is 9.59 Å². The Kier molecular flexibility index (Phi) is 5.34. The quantitative estimate of drug-likeness (QED) is 0.824. The van der Waals surface area contributed by atoms with E-state index in [-0.39, 0.29) is 5.91 Å². The zero-order valence-electron chi connectivity index (χ0n) is 9.11. The van der Waals surface area contributed by atoms with Crippen LogP contribution in [0.25, 0.3) is 0 Å². The van der Waals surface area contributed by atoms with Gasteiger partial charge in [0.15, 0.2) is 0 Å². The molecule has 16 heavy (non-hydrogen) atoms. The summed E-state index contributed by atoms with van der Waals surface area (Å²) in [5.41, 5.74) is 0.531. The number of hydrogen-bond acceptors (Lipinski definition) is 5. The van der Waals surface area contributed by atoms with Gasteiger partial charge in [-0.1, -0.05) is 0 Å². The van der Waals surface area contributed by atoms with Crippen LogP contribution in [0.2, 0.25) is 0 Å². The van der Waals surface area contributed by atoms with E-state index < -0.39 is 5.97 Å². The minimum atomic E-state index is -0.421. The number of rotatable bonds is 5. The van der Waals surface area contributed by atoms with E-state index >= 15 is 0 Å². The lowest BCUT2D eigenvalue weighted by Gasteiger charge is -2.04. The van der Waals surface area contributed by atoms with Gasteiger partial charge in [0, 0.05) is 12.2 Å². The van der Waals surface area contributed by atoms with Crippen LogP contribution in [0.4, 0.5) is 5.69 Å². The Bertz CT molecular complexity index is 376. The third-order valence-electron chi connectivity index (χ3n) is 1.84. The molecule has 4 nitrogen and oxygen atoms in total. The summed E-state index contributed by atoms with van der Waals surface area (Å²) < 4.78 is 4.61. The van der Waals surface area contributed by atoms with Gasteiger partial charge < -0.3 is 10.1 Å². The lowest BCUT2D eigenvalue weighted by molar-refractivity contribution is -0.115. The van der Waals surface area contributed by atoms with Crippen LogP contribution in [0, 0.1) is 0 Å². The van der Waals surface area contributed by atoms with Crippen molar-refractivity contribution in [3.05, 3.63) is 16.3 Å². The number of hydrogen-bond donors (Lipinski definition) is 1. The van der Waals surface area contributed by atoms with E-state index in [1.165, 1.54) is 18.4 Å². The fourth-order valence-electron chi connectivity index (χ4n) is 1.07. The molecule has 1 amide bonds. The molecule has 0 unspecified atom stereocenters. The molecule has 1 heterocycles. The van der Waals surface area contributed by atoms with E-state index in [1.807, 2.05) is 6.26 Å². The standard InChI is InChI=1S/C10H13NO3S2/c1-14-10(13)9-7(3-6-16-9)11-8(12)4-5-15-2/h3,6H,4-5H2,1-2H3,(H,11,12). The maximum atomic E-state index is 11.5. The SMILES string of the molecule is COC(=O)c1sccc1NC(=O)CCSC. The van der Waals surface area contributed by atoms with Crippen LogP contribution < -0.4 is 5.32 Å². The number of nitrogens with one attached hydrogen (secondary N) is 1. The summed E-state index contributed by atoms with van der Waals surface area (Å²) in [5, 5.41) is 4.44. The van der Waals surface area contributed by atoms with Crippen molar-refractivity contribution in [1.82, 2.24) is 0 Å². The highest BCUT2D eigenvalue weighted by Crippen LogP contribution is 2.23. The number of thiophene rings is 1. The molecule has 0 aliphatic rings. The van der Waals surface area contributed by atoms with Crippen LogP contribution in [0.1, 0.15) is 16.1 Å². The van der Waals surface area contributed by atoms with Crippen LogP contribution in [0.15, 0.2) is 11.4 Å². The molecule has 6 heteroatoms. The average molecular weight is 259 g/mol. The summed E-state index contributed by atoms with van der Waals surface area (Å²) in [5.74, 6) is 0.261. The Morgan fingerprint density at radius 2 is 2.31 bits per heavy atom. The third kappa shape index (κ3) is 3.53. The first-order valence-corrected chi connectivity index (χ1v) is 6.91. The first-order chi connectivity index (χ1) is 7.69. The van der Waals surface area contributed by atoms with Crippen molar-refractivity contribution in [2.45, 2.75) is 6.42 Å². The Morgan fingerprint density at radius 3 is 2.94 bits per heavy atom. The molecule has 1 aromatic rings. The van der Waals surface area contributed by atoms with E-state index in [0.717, 1.165) is 5.75 Å². The first-order valence-electron chi connectivity index (χ1n) is 4.63. The van der Waals surface area contributed by atoms with Gasteiger partial charge in [0.25, 0.3) is 0 Å². The first kappa shape index (κ1) is 13.1. The van der Waals surface area contributed by atoms with Gasteiger partial charge in [-0.05, 0) is 17.7 Å². The molecule has 0 aliphatic carbocycles. The Hall–Kier alpha value is -1.01. The van der Waals surface area contributed by atoms with Crippen LogP contribution in [-0.4, -0.2) is 31.0 Å². The molecule has 0 atom stereocenters. The summed E-state index contributed by atoms with van der Waals surface area (Å²) in [6.07, 6.45) is 2.38. The average Bonchev–Trinajstić information content (AvgIpc) is 2.73. The Morgan fingerprint density at radius 1 is 1.56 bits per heavy atom. The van der Waals surface area contributed by atoms with Crippen molar-refractivity contribution in [2.75, 3.05) is 24.4 Å². The predicted molar refractivity (Wildman–Crippen MR) is 67.3 cm³/mol. The zero-order chi connectivity index (χ0) is 12.0. The molecule has 0 saturated carbocycles. The predicted octanol–water partition coefficient (Wildman–Crippen LogP) is 2.23. The third-order valence-corrected chi connectivity index (χ3v) is 3.35. The van der Waals surface area contributed by atoms with Gasteiger partial charge in [0.05, 0.1) is 12.8 Å². The fraction of sp³-hybridized carbons (Fsp3) is 0.400. The van der Waals surface area contributed by atoms with Gasteiger partial charge in [0.1, 0.15) is 4.88 Å². The molecule has 0 spiro atoms. The summed E-state index contributed by atoms with van der Waals surface area (Å²) in [6.45, 7) is 0. The van der Waals surface area contributed by atoms with Crippen LogP contribution in [0.3, 0.4) is 0 Å². The Balaban J connectivity index is 2.63. The molecule has 88 valence electrons. The van der Waals surface area contributed by atoms with Crippen molar-refractivity contribution in [1.29, 1.82) is 0 Å². The van der Waals surface area contributed by atoms with Gasteiger partial charge in [-0.15, -0.1) is 11.3 Å². The van der Waals surface area contributed by atoms with Crippen molar-refractivity contribution >= 4 is 40.7 Å². The van der Waals surface area contributed by atoms with Crippen LogP contribution in [0.5, 0.6) is 0 Å². The largest absolute Gasteiger partial charge is 0.465 e. The van der Waals surface area contributed by atoms with Gasteiger partial charge in [-0.2, -0.15) is 11.8 Å². The second-order valence-electron chi connectivity index (χ2n) is 2.95. The highest BCUT2D eigenvalue weighted by atomic mass is 32.2. The minimum Gasteiger partial charge on any atom is -0.465 e. The topological polar surface area (TPSA) is 55.4 Å². The van der Waals surface area contributed by atoms with Gasteiger partial charge >= 0.3 is 5.97 Å². The molecule has 0 fully saturated rings. The zero-order valence-corrected chi connectivity index (χ0v) is 10.7. The second kappa shape index (κ2) is 6.55.